The Morgan fingerprint density at radius 3 is 1.64 bits per heavy atom. The zero-order valence-corrected chi connectivity index (χ0v) is 16.7. The fourth-order valence-electron chi connectivity index (χ4n) is 1.74. The second kappa shape index (κ2) is 6.74. The van der Waals surface area contributed by atoms with Crippen molar-refractivity contribution in [1.82, 2.24) is 0 Å². The molecule has 0 aliphatic carbocycles. The molecule has 0 saturated heterocycles. The molecule has 0 spiro atoms. The van der Waals surface area contributed by atoms with E-state index in [1.165, 1.54) is 0 Å². The molecule has 5 nitrogen and oxygen atoms in total. The van der Waals surface area contributed by atoms with E-state index < -0.39 is 16.6 Å². The van der Waals surface area contributed by atoms with Gasteiger partial charge >= 0.3 is 5.97 Å². The number of hydrogen-bond donors (Lipinski definition) is 0. The van der Waals surface area contributed by atoms with Crippen LogP contribution in [0.2, 0.25) is 39.3 Å². The van der Waals surface area contributed by atoms with E-state index in [-0.39, 0.29) is 5.97 Å². The molecule has 0 heterocycles. The van der Waals surface area contributed by atoms with Gasteiger partial charge in [0.1, 0.15) is 0 Å². The van der Waals surface area contributed by atoms with Gasteiger partial charge in [-0.3, -0.25) is 0 Å². The molecule has 22 heavy (non-hydrogen) atoms. The highest BCUT2D eigenvalue weighted by molar-refractivity contribution is 6.71. The van der Waals surface area contributed by atoms with E-state index in [2.05, 4.69) is 19.6 Å². The van der Waals surface area contributed by atoms with Crippen LogP contribution in [-0.2, 0) is 4.43 Å². The molecule has 1 aromatic carbocycles. The Kier molecular flexibility index (Phi) is 5.69. The summed E-state index contributed by atoms with van der Waals surface area (Å²) in [7, 11) is -0.729. The summed E-state index contributed by atoms with van der Waals surface area (Å²) in [5.74, 6) is 1.12. The second-order valence-corrected chi connectivity index (χ2v) is 15.8. The van der Waals surface area contributed by atoms with Crippen molar-refractivity contribution in [2.75, 3.05) is 14.2 Å². The molecule has 0 saturated carbocycles. The first-order valence-electron chi connectivity index (χ1n) is 7.15. The zero-order chi connectivity index (χ0) is 17.1. The maximum Gasteiger partial charge on any atom is 0.325 e. The Labute approximate surface area is 134 Å². The van der Waals surface area contributed by atoms with Crippen LogP contribution >= 0.6 is 0 Å². The van der Waals surface area contributed by atoms with E-state index in [4.69, 9.17) is 18.3 Å². The predicted molar refractivity (Wildman–Crippen MR) is 92.3 cm³/mol. The van der Waals surface area contributed by atoms with Crippen molar-refractivity contribution < 1.29 is 23.1 Å². The van der Waals surface area contributed by atoms with Gasteiger partial charge < -0.3 is 18.3 Å². The molecule has 0 fully saturated rings. The standard InChI is InChI=1S/C15H26O5Si2/c1-17-12-9-11(15(16)20-22(6,7)8)10-13(18-2)14(12)19-21(3,4)5/h9-10H,1-8H3. The van der Waals surface area contributed by atoms with Crippen LogP contribution in [0, 0.1) is 0 Å². The topological polar surface area (TPSA) is 54.0 Å². The fourth-order valence-corrected chi connectivity index (χ4v) is 3.23. The molecule has 7 heteroatoms. The van der Waals surface area contributed by atoms with Gasteiger partial charge in [-0.05, 0) is 51.4 Å². The van der Waals surface area contributed by atoms with Gasteiger partial charge in [0, 0.05) is 0 Å². The molecule has 0 bridgehead atoms. The summed E-state index contributed by atoms with van der Waals surface area (Å²) in [6.45, 7) is 12.1. The van der Waals surface area contributed by atoms with Gasteiger partial charge in [-0.25, -0.2) is 4.79 Å². The van der Waals surface area contributed by atoms with Crippen molar-refractivity contribution in [1.29, 1.82) is 0 Å². The first-order valence-corrected chi connectivity index (χ1v) is 14.0. The molecule has 1 aromatic rings. The summed E-state index contributed by atoms with van der Waals surface area (Å²) in [4.78, 5) is 12.3. The van der Waals surface area contributed by atoms with Crippen LogP contribution in [0.4, 0.5) is 0 Å². The maximum atomic E-state index is 12.3. The average molecular weight is 343 g/mol. The highest BCUT2D eigenvalue weighted by atomic mass is 28.4. The summed E-state index contributed by atoms with van der Waals surface area (Å²) < 4.78 is 22.3. The van der Waals surface area contributed by atoms with Gasteiger partial charge in [0.2, 0.25) is 16.6 Å². The summed E-state index contributed by atoms with van der Waals surface area (Å²) >= 11 is 0. The summed E-state index contributed by atoms with van der Waals surface area (Å²) in [6.07, 6.45) is 0. The zero-order valence-electron chi connectivity index (χ0n) is 14.7. The Balaban J connectivity index is 3.27. The van der Waals surface area contributed by atoms with Gasteiger partial charge in [0.05, 0.1) is 19.8 Å². The first-order chi connectivity index (χ1) is 9.96. The van der Waals surface area contributed by atoms with E-state index in [0.29, 0.717) is 22.8 Å². The number of rotatable bonds is 6. The molecule has 0 unspecified atom stereocenters. The molecule has 1 rings (SSSR count). The number of ether oxygens (including phenoxy) is 2. The monoisotopic (exact) mass is 342 g/mol. The Morgan fingerprint density at radius 2 is 1.32 bits per heavy atom. The van der Waals surface area contributed by atoms with E-state index in [9.17, 15) is 4.79 Å². The lowest BCUT2D eigenvalue weighted by Crippen LogP contribution is -2.30. The normalized spacial score (nSPS) is 11.8. The van der Waals surface area contributed by atoms with Crippen LogP contribution in [0.3, 0.4) is 0 Å². The number of methoxy groups -OCH3 is 2. The first kappa shape index (κ1) is 18.6. The number of carbonyl (C=O) groups is 1. The van der Waals surface area contributed by atoms with Gasteiger partial charge in [0.25, 0.3) is 0 Å². The van der Waals surface area contributed by atoms with Crippen LogP contribution in [0.1, 0.15) is 10.4 Å². The summed E-state index contributed by atoms with van der Waals surface area (Å²) in [5, 5.41) is 0. The molecule has 0 aromatic heterocycles. The fraction of sp³-hybridized carbons (Fsp3) is 0.533. The van der Waals surface area contributed by atoms with Gasteiger partial charge in [-0.15, -0.1) is 0 Å². The lowest BCUT2D eigenvalue weighted by Gasteiger charge is -2.24. The van der Waals surface area contributed by atoms with E-state index in [1.54, 1.807) is 26.4 Å². The van der Waals surface area contributed by atoms with Crippen LogP contribution in [0.5, 0.6) is 17.2 Å². The van der Waals surface area contributed by atoms with Crippen LogP contribution in [0.15, 0.2) is 12.1 Å². The smallest absolute Gasteiger partial charge is 0.325 e. The van der Waals surface area contributed by atoms with Crippen molar-refractivity contribution >= 4 is 22.6 Å². The Bertz CT molecular complexity index is 519. The minimum Gasteiger partial charge on any atom is -0.539 e. The minimum absolute atomic E-state index is 0.365. The van der Waals surface area contributed by atoms with E-state index >= 15 is 0 Å². The van der Waals surface area contributed by atoms with Crippen molar-refractivity contribution in [2.24, 2.45) is 0 Å². The lowest BCUT2D eigenvalue weighted by atomic mass is 10.2. The van der Waals surface area contributed by atoms with Crippen LogP contribution in [-0.4, -0.2) is 36.8 Å². The van der Waals surface area contributed by atoms with E-state index in [0.717, 1.165) is 0 Å². The third kappa shape index (κ3) is 5.38. The molecule has 0 radical (unpaired) electrons. The maximum absolute atomic E-state index is 12.3. The summed E-state index contributed by atoms with van der Waals surface area (Å²) in [6, 6.07) is 3.28. The average Bonchev–Trinajstić information content (AvgIpc) is 2.34. The quantitative estimate of drug-likeness (QED) is 0.734. The van der Waals surface area contributed by atoms with Crippen molar-refractivity contribution in [3.8, 4) is 17.2 Å². The molecular weight excluding hydrogens is 316 g/mol. The van der Waals surface area contributed by atoms with Crippen LogP contribution < -0.4 is 13.9 Å². The number of benzene rings is 1. The largest absolute Gasteiger partial charge is 0.539 e. The third-order valence-electron chi connectivity index (χ3n) is 2.50. The van der Waals surface area contributed by atoms with Crippen molar-refractivity contribution in [2.45, 2.75) is 39.3 Å². The molecule has 0 atom stereocenters. The predicted octanol–water partition coefficient (Wildman–Crippen LogP) is 3.91. The lowest BCUT2D eigenvalue weighted by molar-refractivity contribution is 0.0723. The van der Waals surface area contributed by atoms with Gasteiger partial charge in [-0.1, -0.05) is 0 Å². The Morgan fingerprint density at radius 1 is 0.864 bits per heavy atom. The molecule has 0 aliphatic heterocycles. The summed E-state index contributed by atoms with van der Waals surface area (Å²) in [5.41, 5.74) is 0.402. The molecule has 0 amide bonds. The van der Waals surface area contributed by atoms with Crippen molar-refractivity contribution in [3.05, 3.63) is 17.7 Å². The molecule has 0 N–H and O–H groups in total. The Hall–Kier alpha value is -1.48. The highest BCUT2D eigenvalue weighted by Crippen LogP contribution is 2.40. The molecular formula is C15H26O5Si2. The number of hydrogen-bond acceptors (Lipinski definition) is 5. The van der Waals surface area contributed by atoms with Crippen LogP contribution in [0.25, 0.3) is 0 Å². The SMILES string of the molecule is COc1cc(C(=O)O[Si](C)(C)C)cc(OC)c1O[Si](C)(C)C. The van der Waals surface area contributed by atoms with Crippen molar-refractivity contribution in [3.63, 3.8) is 0 Å². The second-order valence-electron chi connectivity index (χ2n) is 6.93. The van der Waals surface area contributed by atoms with Gasteiger partial charge in [-0.2, -0.15) is 0 Å². The molecule has 124 valence electrons. The van der Waals surface area contributed by atoms with E-state index in [1.807, 2.05) is 19.6 Å². The molecule has 0 aliphatic rings. The number of carbonyl (C=O) groups excluding carboxylic acids is 1. The van der Waals surface area contributed by atoms with Gasteiger partial charge in [0.15, 0.2) is 17.2 Å². The third-order valence-corrected chi connectivity index (χ3v) is 4.12. The highest BCUT2D eigenvalue weighted by Gasteiger charge is 2.26. The minimum atomic E-state index is -1.97.